The molecule has 2 heteroatoms. The number of nitrogens with one attached hydrogen (secondary N) is 1. The van der Waals surface area contributed by atoms with Gasteiger partial charge >= 0.3 is 0 Å². The Labute approximate surface area is 83.4 Å². The van der Waals surface area contributed by atoms with Crippen molar-refractivity contribution in [1.82, 2.24) is 4.98 Å². The molecule has 0 bridgehead atoms. The molecule has 3 rings (SSSR count). The quantitative estimate of drug-likeness (QED) is 0.675. The lowest BCUT2D eigenvalue weighted by Crippen LogP contribution is -2.08. The molecule has 1 N–H and O–H groups in total. The van der Waals surface area contributed by atoms with Crippen molar-refractivity contribution in [3.63, 3.8) is 0 Å². The predicted molar refractivity (Wildman–Crippen MR) is 57.7 cm³/mol. The SMILES string of the molecule is O=C1CCCc2[nH]c3ccccc3c21.[HH]. The lowest BCUT2D eigenvalue weighted by atomic mass is 9.94. The lowest BCUT2D eigenvalue weighted by Gasteiger charge is -2.09. The predicted octanol–water partition coefficient (Wildman–Crippen LogP) is 2.93. The minimum Gasteiger partial charge on any atom is -0.358 e. The summed E-state index contributed by atoms with van der Waals surface area (Å²) in [4.78, 5) is 15.1. The molecule has 0 saturated carbocycles. The van der Waals surface area contributed by atoms with Crippen LogP contribution in [0.1, 0.15) is 30.3 Å². The van der Waals surface area contributed by atoms with Crippen LogP contribution in [0.5, 0.6) is 0 Å². The molecule has 1 aromatic carbocycles. The normalized spacial score (nSPS) is 15.9. The van der Waals surface area contributed by atoms with Gasteiger partial charge in [-0.3, -0.25) is 4.79 Å². The van der Waals surface area contributed by atoms with Crippen LogP contribution in [-0.4, -0.2) is 10.8 Å². The molecular formula is C12H13NO. The number of aromatic amines is 1. The van der Waals surface area contributed by atoms with Crippen LogP contribution in [0, 0.1) is 0 Å². The summed E-state index contributed by atoms with van der Waals surface area (Å²) >= 11 is 0. The average Bonchev–Trinajstić information content (AvgIpc) is 2.57. The Bertz CT molecular complexity index is 515. The van der Waals surface area contributed by atoms with Crippen molar-refractivity contribution in [2.24, 2.45) is 0 Å². The first-order chi connectivity index (χ1) is 6.86. The highest BCUT2D eigenvalue weighted by Crippen LogP contribution is 2.28. The number of hydrogen-bond acceptors (Lipinski definition) is 1. The van der Waals surface area contributed by atoms with Crippen LogP contribution in [0.25, 0.3) is 10.9 Å². The van der Waals surface area contributed by atoms with Gasteiger partial charge in [0.2, 0.25) is 0 Å². The maximum absolute atomic E-state index is 11.7. The molecule has 2 aromatic rings. The molecule has 0 saturated heterocycles. The van der Waals surface area contributed by atoms with E-state index in [2.05, 4.69) is 4.98 Å². The van der Waals surface area contributed by atoms with Crippen LogP contribution in [0.3, 0.4) is 0 Å². The number of hydrogen-bond donors (Lipinski definition) is 1. The number of fused-ring (bicyclic) bond motifs is 3. The fourth-order valence-electron chi connectivity index (χ4n) is 2.25. The van der Waals surface area contributed by atoms with Gasteiger partial charge in [0, 0.05) is 30.0 Å². The summed E-state index contributed by atoms with van der Waals surface area (Å²) in [5.74, 6) is 0.295. The van der Waals surface area contributed by atoms with Gasteiger partial charge in [0.15, 0.2) is 5.78 Å². The molecule has 0 amide bonds. The summed E-state index contributed by atoms with van der Waals surface area (Å²) in [6, 6.07) is 8.03. The molecule has 1 aliphatic rings. The van der Waals surface area contributed by atoms with Gasteiger partial charge in [-0.15, -0.1) is 0 Å². The first kappa shape index (κ1) is 7.80. The first-order valence-electron chi connectivity index (χ1n) is 4.99. The van der Waals surface area contributed by atoms with E-state index in [1.54, 1.807) is 0 Å². The van der Waals surface area contributed by atoms with Gasteiger partial charge < -0.3 is 4.98 Å². The van der Waals surface area contributed by atoms with E-state index in [9.17, 15) is 4.79 Å². The van der Waals surface area contributed by atoms with Crippen molar-refractivity contribution in [2.45, 2.75) is 19.3 Å². The molecule has 1 aliphatic carbocycles. The molecule has 0 spiro atoms. The van der Waals surface area contributed by atoms with Crippen LogP contribution in [0.15, 0.2) is 24.3 Å². The summed E-state index contributed by atoms with van der Waals surface area (Å²) in [6.07, 6.45) is 2.70. The smallest absolute Gasteiger partial charge is 0.165 e. The second-order valence-corrected chi connectivity index (χ2v) is 3.80. The third-order valence-electron chi connectivity index (χ3n) is 2.89. The molecule has 72 valence electrons. The van der Waals surface area contributed by atoms with Crippen LogP contribution >= 0.6 is 0 Å². The van der Waals surface area contributed by atoms with Gasteiger partial charge in [0.05, 0.1) is 0 Å². The number of benzene rings is 1. The van der Waals surface area contributed by atoms with E-state index >= 15 is 0 Å². The van der Waals surface area contributed by atoms with E-state index in [1.807, 2.05) is 24.3 Å². The molecule has 0 atom stereocenters. The number of carbonyl (C=O) groups is 1. The molecule has 1 aromatic heterocycles. The number of H-pyrrole nitrogens is 1. The van der Waals surface area contributed by atoms with E-state index in [0.29, 0.717) is 12.2 Å². The highest BCUT2D eigenvalue weighted by atomic mass is 16.1. The van der Waals surface area contributed by atoms with Gasteiger partial charge in [-0.2, -0.15) is 0 Å². The standard InChI is InChI=1S/C12H11NO.H2/c14-11-7-3-6-10-12(11)8-4-1-2-5-9(8)13-10;/h1-2,4-5,13H,3,6-7H2;1H. The largest absolute Gasteiger partial charge is 0.358 e. The molecule has 14 heavy (non-hydrogen) atoms. The van der Waals surface area contributed by atoms with Gasteiger partial charge in [0.25, 0.3) is 0 Å². The summed E-state index contributed by atoms with van der Waals surface area (Å²) in [5.41, 5.74) is 3.15. The summed E-state index contributed by atoms with van der Waals surface area (Å²) in [6.45, 7) is 0. The van der Waals surface area contributed by atoms with Gasteiger partial charge in [-0.05, 0) is 18.9 Å². The fraction of sp³-hybridized carbons (Fsp3) is 0.250. The van der Waals surface area contributed by atoms with Gasteiger partial charge in [-0.25, -0.2) is 0 Å². The van der Waals surface area contributed by atoms with Crippen LogP contribution < -0.4 is 0 Å². The van der Waals surface area contributed by atoms with E-state index in [4.69, 9.17) is 0 Å². The Kier molecular flexibility index (Phi) is 1.51. The minimum atomic E-state index is 0. The Morgan fingerprint density at radius 3 is 3.00 bits per heavy atom. The fourth-order valence-corrected chi connectivity index (χ4v) is 2.25. The van der Waals surface area contributed by atoms with Crippen LogP contribution in [0.4, 0.5) is 0 Å². The van der Waals surface area contributed by atoms with E-state index in [1.165, 1.54) is 0 Å². The zero-order valence-electron chi connectivity index (χ0n) is 7.84. The number of aryl methyl sites for hydroxylation is 1. The Balaban J connectivity index is 0.000000853. The second-order valence-electron chi connectivity index (χ2n) is 3.80. The third-order valence-corrected chi connectivity index (χ3v) is 2.89. The summed E-state index contributed by atoms with van der Waals surface area (Å²) < 4.78 is 0. The Hall–Kier alpha value is -1.57. The van der Waals surface area contributed by atoms with Crippen molar-refractivity contribution in [2.75, 3.05) is 0 Å². The summed E-state index contributed by atoms with van der Waals surface area (Å²) in [7, 11) is 0. The summed E-state index contributed by atoms with van der Waals surface area (Å²) in [5, 5.41) is 1.09. The molecular weight excluding hydrogens is 174 g/mol. The van der Waals surface area contributed by atoms with Crippen molar-refractivity contribution in [3.05, 3.63) is 35.5 Å². The number of ketones is 1. The van der Waals surface area contributed by atoms with Gasteiger partial charge in [-0.1, -0.05) is 18.2 Å². The second kappa shape index (κ2) is 2.71. The van der Waals surface area contributed by atoms with Crippen LogP contribution in [-0.2, 0) is 6.42 Å². The topological polar surface area (TPSA) is 32.9 Å². The minimum absolute atomic E-state index is 0. The van der Waals surface area contributed by atoms with Crippen molar-refractivity contribution in [3.8, 4) is 0 Å². The van der Waals surface area contributed by atoms with Gasteiger partial charge in [0.1, 0.15) is 0 Å². The third kappa shape index (κ3) is 0.939. The first-order valence-corrected chi connectivity index (χ1v) is 4.99. The van der Waals surface area contributed by atoms with Crippen LogP contribution in [0.2, 0.25) is 0 Å². The lowest BCUT2D eigenvalue weighted by molar-refractivity contribution is 0.0974. The highest BCUT2D eigenvalue weighted by molar-refractivity contribution is 6.09. The Morgan fingerprint density at radius 1 is 1.21 bits per heavy atom. The van der Waals surface area contributed by atoms with E-state index in [-0.39, 0.29) is 1.43 Å². The molecule has 0 fully saturated rings. The van der Waals surface area contributed by atoms with Crippen molar-refractivity contribution >= 4 is 16.7 Å². The molecule has 1 heterocycles. The maximum Gasteiger partial charge on any atom is 0.165 e. The molecule has 0 radical (unpaired) electrons. The zero-order valence-corrected chi connectivity index (χ0v) is 7.84. The number of aromatic nitrogens is 1. The zero-order chi connectivity index (χ0) is 9.54. The number of para-hydroxylation sites is 1. The van der Waals surface area contributed by atoms with E-state index < -0.39 is 0 Å². The van der Waals surface area contributed by atoms with Crippen molar-refractivity contribution in [1.29, 1.82) is 0 Å². The molecule has 2 nitrogen and oxygen atoms in total. The number of rotatable bonds is 0. The molecule has 0 unspecified atom stereocenters. The molecule has 0 aliphatic heterocycles. The van der Waals surface area contributed by atoms with E-state index in [0.717, 1.165) is 35.0 Å². The number of carbonyl (C=O) groups excluding carboxylic acids is 1. The highest BCUT2D eigenvalue weighted by Gasteiger charge is 2.21. The Morgan fingerprint density at radius 2 is 2.07 bits per heavy atom. The monoisotopic (exact) mass is 187 g/mol. The number of Topliss-reactive ketones (excluding diaryl/α,β-unsaturated/α-hetero) is 1. The maximum atomic E-state index is 11.7. The average molecular weight is 187 g/mol. The van der Waals surface area contributed by atoms with Crippen molar-refractivity contribution < 1.29 is 6.22 Å².